The van der Waals surface area contributed by atoms with E-state index in [-0.39, 0.29) is 30.9 Å². The molecule has 1 aliphatic carbocycles. The molecule has 0 heterocycles. The van der Waals surface area contributed by atoms with Crippen LogP contribution in [0, 0.1) is 5.92 Å². The third-order valence-electron chi connectivity index (χ3n) is 3.26. The number of nitrogens with zero attached hydrogens (tertiary/aromatic N) is 1. The van der Waals surface area contributed by atoms with Crippen molar-refractivity contribution >= 4 is 31.2 Å². The Morgan fingerprint density at radius 3 is 2.24 bits per heavy atom. The molecule has 1 unspecified atom stereocenters. The smallest absolute Gasteiger partial charge is 0.207 e. The SMILES string of the molecule is CN(C)CC(N)C1CCC(NC=O)CC1.Cl.Cl. The lowest BCUT2D eigenvalue weighted by atomic mass is 9.82. The van der Waals surface area contributed by atoms with Crippen LogP contribution in [-0.2, 0) is 4.79 Å². The van der Waals surface area contributed by atoms with Gasteiger partial charge in [0.2, 0.25) is 6.41 Å². The summed E-state index contributed by atoms with van der Waals surface area (Å²) in [6, 6.07) is 0.655. The maximum atomic E-state index is 10.3. The van der Waals surface area contributed by atoms with E-state index in [0.29, 0.717) is 12.0 Å². The second-order valence-corrected chi connectivity index (χ2v) is 4.82. The third-order valence-corrected chi connectivity index (χ3v) is 3.26. The van der Waals surface area contributed by atoms with Crippen molar-refractivity contribution in [2.24, 2.45) is 11.7 Å². The van der Waals surface area contributed by atoms with Crippen LogP contribution in [0.15, 0.2) is 0 Å². The highest BCUT2D eigenvalue weighted by Gasteiger charge is 2.25. The molecule has 4 nitrogen and oxygen atoms in total. The number of carbonyl (C=O) groups excluding carboxylic acids is 1. The number of nitrogens with one attached hydrogen (secondary N) is 1. The van der Waals surface area contributed by atoms with Gasteiger partial charge in [-0.1, -0.05) is 0 Å². The number of halogens is 2. The van der Waals surface area contributed by atoms with Crippen LogP contribution in [0.3, 0.4) is 0 Å². The Morgan fingerprint density at radius 1 is 1.29 bits per heavy atom. The second-order valence-electron chi connectivity index (χ2n) is 4.82. The molecular formula is C11H25Cl2N3O. The van der Waals surface area contributed by atoms with E-state index in [2.05, 4.69) is 24.3 Å². The molecule has 6 heteroatoms. The minimum atomic E-state index is 0. The first kappa shape index (κ1) is 19.3. The maximum absolute atomic E-state index is 10.3. The van der Waals surface area contributed by atoms with E-state index in [0.717, 1.165) is 38.6 Å². The number of rotatable bonds is 5. The van der Waals surface area contributed by atoms with Gasteiger partial charge in [-0.05, 0) is 45.7 Å². The Balaban J connectivity index is 0. The summed E-state index contributed by atoms with van der Waals surface area (Å²) in [4.78, 5) is 12.4. The van der Waals surface area contributed by atoms with E-state index < -0.39 is 0 Å². The van der Waals surface area contributed by atoms with Crippen LogP contribution < -0.4 is 11.1 Å². The van der Waals surface area contributed by atoms with Crippen LogP contribution in [-0.4, -0.2) is 44.0 Å². The van der Waals surface area contributed by atoms with Crippen molar-refractivity contribution in [1.82, 2.24) is 10.2 Å². The molecule has 0 aromatic heterocycles. The molecule has 1 atom stereocenters. The van der Waals surface area contributed by atoms with Crippen LogP contribution in [0.5, 0.6) is 0 Å². The summed E-state index contributed by atoms with van der Waals surface area (Å²) in [6.45, 7) is 0.955. The highest BCUT2D eigenvalue weighted by molar-refractivity contribution is 5.85. The zero-order valence-corrected chi connectivity index (χ0v) is 12.2. The van der Waals surface area contributed by atoms with Crippen LogP contribution in [0.1, 0.15) is 25.7 Å². The molecule has 0 aromatic rings. The van der Waals surface area contributed by atoms with Crippen molar-refractivity contribution in [3.8, 4) is 0 Å². The lowest BCUT2D eigenvalue weighted by Crippen LogP contribution is -2.43. The monoisotopic (exact) mass is 285 g/mol. The molecule has 0 spiro atoms. The quantitative estimate of drug-likeness (QED) is 0.742. The van der Waals surface area contributed by atoms with Gasteiger partial charge in [0, 0.05) is 18.6 Å². The fourth-order valence-corrected chi connectivity index (χ4v) is 2.38. The number of carbonyl (C=O) groups is 1. The fourth-order valence-electron chi connectivity index (χ4n) is 2.38. The summed E-state index contributed by atoms with van der Waals surface area (Å²) >= 11 is 0. The van der Waals surface area contributed by atoms with Gasteiger partial charge in [-0.15, -0.1) is 24.8 Å². The van der Waals surface area contributed by atoms with E-state index in [1.165, 1.54) is 0 Å². The average Bonchev–Trinajstić information content (AvgIpc) is 2.18. The first-order valence-corrected chi connectivity index (χ1v) is 5.73. The Kier molecular flexibility index (Phi) is 11.3. The predicted molar refractivity (Wildman–Crippen MR) is 76.0 cm³/mol. The summed E-state index contributed by atoms with van der Waals surface area (Å²) < 4.78 is 0. The first-order valence-electron chi connectivity index (χ1n) is 5.73. The van der Waals surface area contributed by atoms with Gasteiger partial charge >= 0.3 is 0 Å². The Hall–Kier alpha value is -0.0300. The molecule has 1 saturated carbocycles. The summed E-state index contributed by atoms with van der Waals surface area (Å²) in [5, 5.41) is 2.85. The van der Waals surface area contributed by atoms with Gasteiger partial charge < -0.3 is 16.0 Å². The molecule has 17 heavy (non-hydrogen) atoms. The molecule has 0 radical (unpaired) electrons. The standard InChI is InChI=1S/C11H23N3O.2ClH/c1-14(2)7-11(12)9-3-5-10(6-4-9)13-8-15;;/h8-11H,3-7,12H2,1-2H3,(H,13,15);2*1H. The maximum Gasteiger partial charge on any atom is 0.207 e. The Labute approximate surface area is 117 Å². The topological polar surface area (TPSA) is 58.4 Å². The number of nitrogens with two attached hydrogens (primary N) is 1. The highest BCUT2D eigenvalue weighted by atomic mass is 35.5. The van der Waals surface area contributed by atoms with Crippen LogP contribution >= 0.6 is 24.8 Å². The second kappa shape index (κ2) is 9.95. The molecule has 0 bridgehead atoms. The largest absolute Gasteiger partial charge is 0.356 e. The van der Waals surface area contributed by atoms with Crippen molar-refractivity contribution in [2.45, 2.75) is 37.8 Å². The molecular weight excluding hydrogens is 261 g/mol. The van der Waals surface area contributed by atoms with Crippen molar-refractivity contribution in [1.29, 1.82) is 0 Å². The summed E-state index contributed by atoms with van der Waals surface area (Å²) in [5.41, 5.74) is 6.14. The number of hydrogen-bond acceptors (Lipinski definition) is 3. The Bertz CT molecular complexity index is 197. The molecule has 104 valence electrons. The van der Waals surface area contributed by atoms with Crippen molar-refractivity contribution < 1.29 is 4.79 Å². The van der Waals surface area contributed by atoms with Crippen molar-refractivity contribution in [2.75, 3.05) is 20.6 Å². The molecule has 1 rings (SSSR count). The Morgan fingerprint density at radius 2 is 1.82 bits per heavy atom. The van der Waals surface area contributed by atoms with Gasteiger partial charge in [-0.3, -0.25) is 4.79 Å². The van der Waals surface area contributed by atoms with Crippen LogP contribution in [0.2, 0.25) is 0 Å². The normalized spacial score (nSPS) is 25.4. The van der Waals surface area contributed by atoms with Crippen LogP contribution in [0.25, 0.3) is 0 Å². The summed E-state index contributed by atoms with van der Waals surface area (Å²) in [6.07, 6.45) is 5.24. The van der Waals surface area contributed by atoms with Gasteiger partial charge in [0.1, 0.15) is 0 Å². The van der Waals surface area contributed by atoms with Gasteiger partial charge in [-0.25, -0.2) is 0 Å². The molecule has 0 aliphatic heterocycles. The molecule has 1 amide bonds. The number of hydrogen-bond donors (Lipinski definition) is 2. The van der Waals surface area contributed by atoms with E-state index in [1.807, 2.05) is 0 Å². The molecule has 0 aromatic carbocycles. The number of amides is 1. The van der Waals surface area contributed by atoms with Crippen LogP contribution in [0.4, 0.5) is 0 Å². The van der Waals surface area contributed by atoms with Gasteiger partial charge in [0.15, 0.2) is 0 Å². The zero-order valence-electron chi connectivity index (χ0n) is 10.6. The van der Waals surface area contributed by atoms with Gasteiger partial charge in [0.25, 0.3) is 0 Å². The highest BCUT2D eigenvalue weighted by Crippen LogP contribution is 2.26. The van der Waals surface area contributed by atoms with E-state index in [1.54, 1.807) is 0 Å². The minimum absolute atomic E-state index is 0. The third kappa shape index (κ3) is 7.09. The van der Waals surface area contributed by atoms with Crippen molar-refractivity contribution in [3.63, 3.8) is 0 Å². The van der Waals surface area contributed by atoms with E-state index in [9.17, 15) is 4.79 Å². The summed E-state index contributed by atoms with van der Waals surface area (Å²) in [7, 11) is 4.11. The average molecular weight is 286 g/mol. The molecule has 1 aliphatic rings. The number of likely N-dealkylation sites (N-methyl/N-ethyl adjacent to an activating group) is 1. The van der Waals surface area contributed by atoms with Gasteiger partial charge in [0.05, 0.1) is 0 Å². The molecule has 3 N–H and O–H groups in total. The molecule has 1 fully saturated rings. The molecule has 0 saturated heterocycles. The zero-order chi connectivity index (χ0) is 11.3. The van der Waals surface area contributed by atoms with E-state index in [4.69, 9.17) is 5.73 Å². The fraction of sp³-hybridized carbons (Fsp3) is 0.909. The predicted octanol–water partition coefficient (Wildman–Crippen LogP) is 1.02. The van der Waals surface area contributed by atoms with E-state index >= 15 is 0 Å². The summed E-state index contributed by atoms with van der Waals surface area (Å²) in [5.74, 6) is 0.622. The lowest BCUT2D eigenvalue weighted by molar-refractivity contribution is -0.110. The minimum Gasteiger partial charge on any atom is -0.356 e. The first-order chi connectivity index (χ1) is 7.13. The van der Waals surface area contributed by atoms with Gasteiger partial charge in [-0.2, -0.15) is 0 Å². The van der Waals surface area contributed by atoms with Crippen molar-refractivity contribution in [3.05, 3.63) is 0 Å². The lowest BCUT2D eigenvalue weighted by Gasteiger charge is -2.32.